The van der Waals surface area contributed by atoms with Crippen LogP contribution in [-0.4, -0.2) is 12.6 Å². The van der Waals surface area contributed by atoms with Crippen LogP contribution in [0.1, 0.15) is 22.8 Å². The largest absolute Gasteiger partial charge is 0.462 e. The number of rotatable bonds is 2. The first-order valence-electron chi connectivity index (χ1n) is 4.50. The van der Waals surface area contributed by atoms with Crippen LogP contribution < -0.4 is 0 Å². The van der Waals surface area contributed by atoms with E-state index in [2.05, 4.69) is 4.74 Å². The second kappa shape index (κ2) is 4.91. The Morgan fingerprint density at radius 2 is 2.00 bits per heavy atom. The number of esters is 1. The average Bonchev–Trinajstić information content (AvgIpc) is 2.19. The highest BCUT2D eigenvalue weighted by Gasteiger charge is 2.35. The van der Waals surface area contributed by atoms with Crippen molar-refractivity contribution in [2.45, 2.75) is 13.1 Å². The lowest BCUT2D eigenvalue weighted by atomic mass is 10.1. The van der Waals surface area contributed by atoms with Crippen molar-refractivity contribution in [1.82, 2.24) is 0 Å². The number of hydrogen-bond donors (Lipinski definition) is 0. The summed E-state index contributed by atoms with van der Waals surface area (Å²) in [4.78, 5) is 11.2. The SMILES string of the molecule is CCOC(=O)c1cc(F)c(C(F)(F)F)cc1Cl. The molecule has 0 aliphatic carbocycles. The van der Waals surface area contributed by atoms with E-state index in [1.54, 1.807) is 0 Å². The molecule has 0 aliphatic rings. The molecule has 0 fully saturated rings. The fourth-order valence-electron chi connectivity index (χ4n) is 1.13. The highest BCUT2D eigenvalue weighted by molar-refractivity contribution is 6.33. The topological polar surface area (TPSA) is 26.3 Å². The molecule has 0 heterocycles. The molecule has 0 saturated heterocycles. The van der Waals surface area contributed by atoms with E-state index in [0.29, 0.717) is 12.1 Å². The van der Waals surface area contributed by atoms with Crippen LogP contribution in [0.15, 0.2) is 12.1 Å². The summed E-state index contributed by atoms with van der Waals surface area (Å²) in [7, 11) is 0. The minimum absolute atomic E-state index is 0.0117. The lowest BCUT2D eigenvalue weighted by Gasteiger charge is -2.10. The Morgan fingerprint density at radius 1 is 1.41 bits per heavy atom. The van der Waals surface area contributed by atoms with E-state index < -0.39 is 34.1 Å². The van der Waals surface area contributed by atoms with Crippen LogP contribution >= 0.6 is 11.6 Å². The quantitative estimate of drug-likeness (QED) is 0.605. The Kier molecular flexibility index (Phi) is 3.98. The van der Waals surface area contributed by atoms with Crippen molar-refractivity contribution in [1.29, 1.82) is 0 Å². The van der Waals surface area contributed by atoms with Gasteiger partial charge < -0.3 is 4.74 Å². The number of carbonyl (C=O) groups is 1. The summed E-state index contributed by atoms with van der Waals surface area (Å²) in [6, 6.07) is 0.784. The van der Waals surface area contributed by atoms with Crippen LogP contribution in [0.5, 0.6) is 0 Å². The molecule has 0 N–H and O–H groups in total. The molecule has 1 rings (SSSR count). The summed E-state index contributed by atoms with van der Waals surface area (Å²) < 4.78 is 54.5. The molecule has 0 atom stereocenters. The van der Waals surface area contributed by atoms with Gasteiger partial charge in [-0.05, 0) is 19.1 Å². The molecule has 0 aliphatic heterocycles. The maximum atomic E-state index is 13.1. The van der Waals surface area contributed by atoms with Crippen molar-refractivity contribution in [3.05, 3.63) is 34.1 Å². The van der Waals surface area contributed by atoms with Crippen LogP contribution in [0.4, 0.5) is 17.6 Å². The third-order valence-corrected chi connectivity index (χ3v) is 2.17. The van der Waals surface area contributed by atoms with Crippen LogP contribution in [0.2, 0.25) is 5.02 Å². The molecule has 2 nitrogen and oxygen atoms in total. The van der Waals surface area contributed by atoms with Crippen LogP contribution in [-0.2, 0) is 10.9 Å². The number of alkyl halides is 3. The second-order valence-corrected chi connectivity index (χ2v) is 3.44. The van der Waals surface area contributed by atoms with Gasteiger partial charge in [-0.15, -0.1) is 0 Å². The normalized spacial score (nSPS) is 11.4. The van der Waals surface area contributed by atoms with Gasteiger partial charge in [0.2, 0.25) is 0 Å². The van der Waals surface area contributed by atoms with Gasteiger partial charge in [-0.2, -0.15) is 13.2 Å². The van der Waals surface area contributed by atoms with Gasteiger partial charge in [-0.25, -0.2) is 9.18 Å². The molecule has 0 aromatic heterocycles. The fourth-order valence-corrected chi connectivity index (χ4v) is 1.37. The van der Waals surface area contributed by atoms with E-state index in [1.807, 2.05) is 0 Å². The summed E-state index contributed by atoms with van der Waals surface area (Å²) in [6.45, 7) is 1.52. The maximum absolute atomic E-state index is 13.1. The number of hydrogen-bond acceptors (Lipinski definition) is 2. The molecule has 0 saturated carbocycles. The van der Waals surface area contributed by atoms with E-state index >= 15 is 0 Å². The molecule has 1 aromatic carbocycles. The highest BCUT2D eigenvalue weighted by atomic mass is 35.5. The first-order chi connectivity index (χ1) is 7.77. The average molecular weight is 271 g/mol. The molecule has 0 bridgehead atoms. The van der Waals surface area contributed by atoms with Crippen molar-refractivity contribution in [2.75, 3.05) is 6.61 Å². The Hall–Kier alpha value is -1.30. The minimum atomic E-state index is -4.86. The number of benzene rings is 1. The first-order valence-corrected chi connectivity index (χ1v) is 4.88. The van der Waals surface area contributed by atoms with E-state index in [4.69, 9.17) is 11.6 Å². The van der Waals surface area contributed by atoms with E-state index in [9.17, 15) is 22.4 Å². The van der Waals surface area contributed by atoms with Crippen LogP contribution in [0.3, 0.4) is 0 Å². The molecule has 0 spiro atoms. The third kappa shape index (κ3) is 3.09. The van der Waals surface area contributed by atoms with Gasteiger partial charge in [-0.3, -0.25) is 0 Å². The van der Waals surface area contributed by atoms with Gasteiger partial charge in [0.25, 0.3) is 0 Å². The molecule has 94 valence electrons. The summed E-state index contributed by atoms with van der Waals surface area (Å²) >= 11 is 5.47. The monoisotopic (exact) mass is 270 g/mol. The lowest BCUT2D eigenvalue weighted by Crippen LogP contribution is -2.12. The van der Waals surface area contributed by atoms with Gasteiger partial charge in [-0.1, -0.05) is 11.6 Å². The fraction of sp³-hybridized carbons (Fsp3) is 0.300. The molecule has 0 amide bonds. The molecular formula is C10H7ClF4O2. The lowest BCUT2D eigenvalue weighted by molar-refractivity contribution is -0.140. The van der Waals surface area contributed by atoms with Crippen molar-refractivity contribution < 1.29 is 27.1 Å². The van der Waals surface area contributed by atoms with Crippen molar-refractivity contribution >= 4 is 17.6 Å². The molecule has 7 heteroatoms. The zero-order chi connectivity index (χ0) is 13.2. The smallest absolute Gasteiger partial charge is 0.419 e. The van der Waals surface area contributed by atoms with Crippen LogP contribution in [0.25, 0.3) is 0 Å². The molecule has 0 unspecified atom stereocenters. The Morgan fingerprint density at radius 3 is 2.47 bits per heavy atom. The number of carbonyl (C=O) groups excluding carboxylic acids is 1. The molecule has 17 heavy (non-hydrogen) atoms. The van der Waals surface area contributed by atoms with Gasteiger partial charge in [0, 0.05) is 0 Å². The van der Waals surface area contributed by atoms with Crippen molar-refractivity contribution in [3.8, 4) is 0 Å². The van der Waals surface area contributed by atoms with Gasteiger partial charge in [0.1, 0.15) is 5.82 Å². The predicted molar refractivity (Wildman–Crippen MR) is 52.4 cm³/mol. The zero-order valence-corrected chi connectivity index (χ0v) is 9.32. The summed E-state index contributed by atoms with van der Waals surface area (Å²) in [6.07, 6.45) is -4.86. The standard InChI is InChI=1S/C10H7ClF4O2/c1-2-17-9(16)5-3-8(12)6(4-7(5)11)10(13,14)15/h3-4H,2H2,1H3. The summed E-state index contributed by atoms with van der Waals surface area (Å²) in [5, 5.41) is -0.503. The predicted octanol–water partition coefficient (Wildman–Crippen LogP) is 3.67. The molecule has 0 radical (unpaired) electrons. The van der Waals surface area contributed by atoms with Crippen molar-refractivity contribution in [2.24, 2.45) is 0 Å². The molecule has 1 aromatic rings. The van der Waals surface area contributed by atoms with Crippen molar-refractivity contribution in [3.63, 3.8) is 0 Å². The second-order valence-electron chi connectivity index (χ2n) is 3.03. The Balaban J connectivity index is 3.23. The van der Waals surface area contributed by atoms with Crippen LogP contribution in [0, 0.1) is 5.82 Å². The highest BCUT2D eigenvalue weighted by Crippen LogP contribution is 2.34. The van der Waals surface area contributed by atoms with Gasteiger partial charge in [0.05, 0.1) is 22.8 Å². The Labute approximate surface area is 99.1 Å². The number of halogens is 5. The first kappa shape index (κ1) is 13.8. The third-order valence-electron chi connectivity index (χ3n) is 1.86. The summed E-state index contributed by atoms with van der Waals surface area (Å²) in [5.41, 5.74) is -1.95. The van der Waals surface area contributed by atoms with E-state index in [1.165, 1.54) is 6.92 Å². The number of ether oxygens (including phenoxy) is 1. The van der Waals surface area contributed by atoms with Gasteiger partial charge >= 0.3 is 12.1 Å². The molecular weight excluding hydrogens is 264 g/mol. The maximum Gasteiger partial charge on any atom is 0.419 e. The summed E-state index contributed by atoms with van der Waals surface area (Å²) in [5.74, 6) is -2.53. The minimum Gasteiger partial charge on any atom is -0.462 e. The Bertz CT molecular complexity index is 443. The zero-order valence-electron chi connectivity index (χ0n) is 8.57. The van der Waals surface area contributed by atoms with E-state index in [-0.39, 0.29) is 6.61 Å². The van der Waals surface area contributed by atoms with E-state index in [0.717, 1.165) is 0 Å². The van der Waals surface area contributed by atoms with Gasteiger partial charge in [0.15, 0.2) is 0 Å².